The van der Waals surface area contributed by atoms with Crippen molar-refractivity contribution in [3.8, 4) is 0 Å². The molecule has 1 aliphatic rings. The predicted octanol–water partition coefficient (Wildman–Crippen LogP) is 1.57. The van der Waals surface area contributed by atoms with Gasteiger partial charge < -0.3 is 15.2 Å². The van der Waals surface area contributed by atoms with Crippen molar-refractivity contribution in [3.63, 3.8) is 0 Å². The minimum Gasteiger partial charge on any atom is -0.363 e. The van der Waals surface area contributed by atoms with E-state index in [2.05, 4.69) is 38.9 Å². The summed E-state index contributed by atoms with van der Waals surface area (Å²) in [5.41, 5.74) is 2.24. The van der Waals surface area contributed by atoms with Gasteiger partial charge in [-0.05, 0) is 50.6 Å². The average Bonchev–Trinajstić information content (AvgIpc) is 2.78. The van der Waals surface area contributed by atoms with Crippen molar-refractivity contribution in [3.05, 3.63) is 68.6 Å². The zero-order valence-corrected chi connectivity index (χ0v) is 19.5. The number of benzene rings is 1. The number of carbonyl (C=O) groups excluding carboxylic acids is 1. The summed E-state index contributed by atoms with van der Waals surface area (Å²) < 4.78 is 1.21. The number of aromatic nitrogens is 3. The Bertz CT molecular complexity index is 1290. The first-order chi connectivity index (χ1) is 15.7. The van der Waals surface area contributed by atoms with Crippen molar-refractivity contribution in [1.29, 1.82) is 0 Å². The Balaban J connectivity index is 1.50. The van der Waals surface area contributed by atoms with Gasteiger partial charge >= 0.3 is 5.69 Å². The van der Waals surface area contributed by atoms with E-state index in [4.69, 9.17) is 0 Å². The normalized spacial score (nSPS) is 16.2. The van der Waals surface area contributed by atoms with Gasteiger partial charge in [-0.1, -0.05) is 6.07 Å². The molecule has 2 aromatic heterocycles. The van der Waals surface area contributed by atoms with Crippen LogP contribution in [-0.2, 0) is 13.1 Å². The summed E-state index contributed by atoms with van der Waals surface area (Å²) in [6.45, 7) is 9.73. The summed E-state index contributed by atoms with van der Waals surface area (Å²) in [5.74, 6) is -0.198. The third-order valence-corrected chi connectivity index (χ3v) is 6.27. The van der Waals surface area contributed by atoms with Crippen LogP contribution < -0.4 is 21.5 Å². The topological polar surface area (TPSA) is 103 Å². The summed E-state index contributed by atoms with van der Waals surface area (Å²) in [7, 11) is 1.59. The molecule has 9 heteroatoms. The van der Waals surface area contributed by atoms with Crippen LogP contribution in [0.4, 0.5) is 5.69 Å². The minimum absolute atomic E-state index is 0.144. The van der Waals surface area contributed by atoms with E-state index < -0.39 is 0 Å². The molecule has 174 valence electrons. The molecule has 1 aliphatic heterocycles. The van der Waals surface area contributed by atoms with E-state index in [1.807, 2.05) is 18.2 Å². The lowest BCUT2D eigenvalue weighted by Gasteiger charge is -2.48. The first-order valence-electron chi connectivity index (χ1n) is 11.2. The number of carbonyl (C=O) groups is 1. The monoisotopic (exact) mass is 450 g/mol. The largest absolute Gasteiger partial charge is 0.363 e. The molecule has 1 saturated heterocycles. The summed E-state index contributed by atoms with van der Waals surface area (Å²) in [5, 5.41) is 3.11. The lowest BCUT2D eigenvalue weighted by molar-refractivity contribution is 0.0958. The van der Waals surface area contributed by atoms with Gasteiger partial charge in [-0.25, -0.2) is 9.78 Å². The van der Waals surface area contributed by atoms with Crippen LogP contribution in [-0.4, -0.2) is 57.6 Å². The van der Waals surface area contributed by atoms with Crippen molar-refractivity contribution in [2.45, 2.75) is 39.4 Å². The number of nitrogens with zero attached hydrogens (tertiary/aromatic N) is 4. The summed E-state index contributed by atoms with van der Waals surface area (Å²) in [4.78, 5) is 48.3. The van der Waals surface area contributed by atoms with Gasteiger partial charge in [-0.15, -0.1) is 0 Å². The first-order valence-corrected chi connectivity index (χ1v) is 11.2. The van der Waals surface area contributed by atoms with Crippen molar-refractivity contribution in [2.24, 2.45) is 0 Å². The molecule has 2 N–H and O–H groups in total. The van der Waals surface area contributed by atoms with E-state index in [9.17, 15) is 14.4 Å². The Morgan fingerprint density at radius 1 is 1.18 bits per heavy atom. The Kier molecular flexibility index (Phi) is 6.07. The van der Waals surface area contributed by atoms with Crippen LogP contribution in [0.25, 0.3) is 10.9 Å². The Morgan fingerprint density at radius 3 is 2.61 bits per heavy atom. The molecule has 0 aliphatic carbocycles. The Morgan fingerprint density at radius 2 is 1.97 bits per heavy atom. The second kappa shape index (κ2) is 8.82. The number of rotatable bonds is 5. The van der Waals surface area contributed by atoms with Gasteiger partial charge in [0.1, 0.15) is 5.69 Å². The van der Waals surface area contributed by atoms with Crippen LogP contribution in [0.3, 0.4) is 0 Å². The molecular weight excluding hydrogens is 420 g/mol. The van der Waals surface area contributed by atoms with Gasteiger partial charge in [-0.3, -0.25) is 19.1 Å². The summed E-state index contributed by atoms with van der Waals surface area (Å²) >= 11 is 0. The van der Waals surface area contributed by atoms with E-state index in [1.165, 1.54) is 4.57 Å². The molecular formula is C24H30N6O3. The highest BCUT2D eigenvalue weighted by molar-refractivity contribution is 5.92. The van der Waals surface area contributed by atoms with Gasteiger partial charge in [0.15, 0.2) is 0 Å². The molecule has 0 bridgehead atoms. The van der Waals surface area contributed by atoms with Gasteiger partial charge in [0.05, 0.1) is 22.8 Å². The second-order valence-electron chi connectivity index (χ2n) is 9.01. The molecule has 9 nitrogen and oxygen atoms in total. The number of anilines is 1. The molecule has 1 aromatic carbocycles. The maximum Gasteiger partial charge on any atom is 0.328 e. The van der Waals surface area contributed by atoms with Gasteiger partial charge in [0, 0.05) is 45.3 Å². The Hall–Kier alpha value is -3.46. The maximum atomic E-state index is 12.5. The molecule has 0 atom stereocenters. The third kappa shape index (κ3) is 4.41. The third-order valence-electron chi connectivity index (χ3n) is 6.27. The predicted molar refractivity (Wildman–Crippen MR) is 129 cm³/mol. The van der Waals surface area contributed by atoms with E-state index >= 15 is 0 Å². The molecule has 0 spiro atoms. The van der Waals surface area contributed by atoms with Gasteiger partial charge in [-0.2, -0.15) is 0 Å². The lowest BCUT2D eigenvalue weighted by atomic mass is 9.97. The first kappa shape index (κ1) is 22.7. The smallest absolute Gasteiger partial charge is 0.328 e. The number of H-pyrrole nitrogens is 1. The van der Waals surface area contributed by atoms with E-state index in [-0.39, 0.29) is 22.7 Å². The van der Waals surface area contributed by atoms with Crippen LogP contribution in [0.2, 0.25) is 0 Å². The summed E-state index contributed by atoms with van der Waals surface area (Å²) in [6.07, 6.45) is 1.75. The number of aromatic amines is 1. The zero-order chi connectivity index (χ0) is 23.8. The molecule has 3 aromatic rings. The van der Waals surface area contributed by atoms with Crippen molar-refractivity contribution >= 4 is 22.5 Å². The number of hydrogen-bond donors (Lipinski definition) is 2. The zero-order valence-electron chi connectivity index (χ0n) is 19.5. The van der Waals surface area contributed by atoms with Crippen LogP contribution in [0.5, 0.6) is 0 Å². The number of hydrogen-bond acceptors (Lipinski definition) is 6. The Labute approximate surface area is 192 Å². The molecule has 3 heterocycles. The number of piperazine rings is 1. The molecule has 0 saturated carbocycles. The minimum atomic E-state index is -0.377. The fraction of sp³-hybridized carbons (Fsp3) is 0.417. The summed E-state index contributed by atoms with van der Waals surface area (Å²) in [6, 6.07) is 9.36. The highest BCUT2D eigenvalue weighted by atomic mass is 16.2. The standard InChI is InChI=1S/C24H30N6O3/c1-5-29-22(32)18-8-6-16(12-20(18)27-23(29)33)14-28-10-11-30(24(2,3)15-28)17-7-9-19(26-13-17)21(31)25-4/h6-9,12-13H,5,10-11,14-15H2,1-4H3,(H,25,31)(H,27,33). The fourth-order valence-electron chi connectivity index (χ4n) is 4.62. The van der Waals surface area contributed by atoms with Crippen LogP contribution >= 0.6 is 0 Å². The van der Waals surface area contributed by atoms with Crippen LogP contribution in [0.15, 0.2) is 46.1 Å². The molecule has 33 heavy (non-hydrogen) atoms. The number of fused-ring (bicyclic) bond motifs is 1. The van der Waals surface area contributed by atoms with Crippen molar-refractivity contribution in [1.82, 2.24) is 24.8 Å². The molecule has 4 rings (SSSR count). The highest BCUT2D eigenvalue weighted by Gasteiger charge is 2.34. The number of pyridine rings is 1. The van der Waals surface area contributed by atoms with Gasteiger partial charge in [0.2, 0.25) is 0 Å². The SMILES string of the molecule is CCn1c(=O)[nH]c2cc(CN3CCN(c4ccc(C(=O)NC)nc4)C(C)(C)C3)ccc2c1=O. The van der Waals surface area contributed by atoms with E-state index in [1.54, 1.807) is 32.3 Å². The number of amides is 1. The molecule has 0 unspecified atom stereocenters. The van der Waals surface area contributed by atoms with Crippen molar-refractivity contribution in [2.75, 3.05) is 31.6 Å². The van der Waals surface area contributed by atoms with E-state index in [0.717, 1.165) is 37.4 Å². The maximum absolute atomic E-state index is 12.5. The average molecular weight is 451 g/mol. The van der Waals surface area contributed by atoms with Crippen LogP contribution in [0, 0.1) is 0 Å². The fourth-order valence-corrected chi connectivity index (χ4v) is 4.62. The molecule has 1 fully saturated rings. The highest BCUT2D eigenvalue weighted by Crippen LogP contribution is 2.28. The quantitative estimate of drug-likeness (QED) is 0.612. The second-order valence-corrected chi connectivity index (χ2v) is 9.01. The molecule has 1 amide bonds. The van der Waals surface area contributed by atoms with Crippen molar-refractivity contribution < 1.29 is 4.79 Å². The lowest BCUT2D eigenvalue weighted by Crippen LogP contribution is -2.59. The number of nitrogens with one attached hydrogen (secondary N) is 2. The molecule has 0 radical (unpaired) electrons. The van der Waals surface area contributed by atoms with Gasteiger partial charge in [0.25, 0.3) is 11.5 Å². The van der Waals surface area contributed by atoms with Crippen LogP contribution in [0.1, 0.15) is 36.8 Å². The van der Waals surface area contributed by atoms with E-state index in [0.29, 0.717) is 23.1 Å².